The molecule has 1 saturated heterocycles. The fourth-order valence-corrected chi connectivity index (χ4v) is 2.28. The Bertz CT molecular complexity index is 598. The molecule has 20 heavy (non-hydrogen) atoms. The molecule has 1 aromatic rings. The Hall–Kier alpha value is -1.04. The van der Waals surface area contributed by atoms with Crippen molar-refractivity contribution >= 4 is 15.9 Å². The molecule has 9 nitrogen and oxygen atoms in total. The molecule has 1 aromatic heterocycles. The van der Waals surface area contributed by atoms with E-state index in [0.717, 1.165) is 10.8 Å². The van der Waals surface area contributed by atoms with Crippen LogP contribution in [0.4, 0.5) is 0 Å². The van der Waals surface area contributed by atoms with Crippen LogP contribution in [0.25, 0.3) is 0 Å². The van der Waals surface area contributed by atoms with Crippen molar-refractivity contribution in [2.45, 2.75) is 30.6 Å². The van der Waals surface area contributed by atoms with Gasteiger partial charge in [-0.15, -0.1) is 0 Å². The van der Waals surface area contributed by atoms with Crippen LogP contribution >= 0.6 is 15.9 Å². The topological polar surface area (TPSA) is 145 Å². The number of nitrogens with one attached hydrogen (secondary N) is 1. The number of ether oxygens (including phenoxy) is 1. The van der Waals surface area contributed by atoms with Crippen molar-refractivity contribution in [2.24, 2.45) is 0 Å². The molecule has 1 fully saturated rings. The molecule has 2 heterocycles. The summed E-state index contributed by atoms with van der Waals surface area (Å²) < 4.78 is 6.08. The highest BCUT2D eigenvalue weighted by Gasteiger charge is 2.44. The third-order valence-electron chi connectivity index (χ3n) is 3.07. The first-order valence-electron chi connectivity index (χ1n) is 5.68. The largest absolute Gasteiger partial charge is 0.394 e. The average Bonchev–Trinajstić information content (AvgIpc) is 2.41. The zero-order valence-corrected chi connectivity index (χ0v) is 11.6. The number of hydrogen-bond acceptors (Lipinski definition) is 7. The highest BCUT2D eigenvalue weighted by molar-refractivity contribution is 9.10. The fraction of sp³-hybridized carbons (Fsp3) is 0.600. The van der Waals surface area contributed by atoms with Gasteiger partial charge >= 0.3 is 5.69 Å². The second-order valence-electron chi connectivity index (χ2n) is 4.36. The number of aliphatic hydroxyl groups excluding tert-OH is 4. The Balaban J connectivity index is 2.44. The van der Waals surface area contributed by atoms with Gasteiger partial charge in [0.1, 0.15) is 24.4 Å². The molecule has 112 valence electrons. The number of hydrogen-bond donors (Lipinski definition) is 5. The van der Waals surface area contributed by atoms with Crippen molar-refractivity contribution in [1.29, 1.82) is 0 Å². The van der Waals surface area contributed by atoms with E-state index in [1.54, 1.807) is 0 Å². The van der Waals surface area contributed by atoms with Crippen molar-refractivity contribution in [3.63, 3.8) is 0 Å². The van der Waals surface area contributed by atoms with Crippen LogP contribution in [0.15, 0.2) is 20.3 Å². The molecule has 0 saturated carbocycles. The zero-order valence-electron chi connectivity index (χ0n) is 10.0. The lowest BCUT2D eigenvalue weighted by molar-refractivity contribution is -0.252. The van der Waals surface area contributed by atoms with Gasteiger partial charge in [0.25, 0.3) is 5.56 Å². The van der Waals surface area contributed by atoms with Crippen LogP contribution in [0.3, 0.4) is 0 Å². The summed E-state index contributed by atoms with van der Waals surface area (Å²) in [5, 5.41) is 38.2. The Morgan fingerprint density at radius 2 is 1.90 bits per heavy atom. The molecular weight excluding hydrogens is 340 g/mol. The molecule has 0 amide bonds. The lowest BCUT2D eigenvalue weighted by Gasteiger charge is -2.40. The number of H-pyrrole nitrogens is 1. The second-order valence-corrected chi connectivity index (χ2v) is 5.22. The lowest BCUT2D eigenvalue weighted by Crippen LogP contribution is -2.57. The van der Waals surface area contributed by atoms with Crippen LogP contribution in [-0.4, -0.2) is 61.0 Å². The highest BCUT2D eigenvalue weighted by Crippen LogP contribution is 2.27. The van der Waals surface area contributed by atoms with Crippen LogP contribution < -0.4 is 11.2 Å². The molecule has 10 heteroatoms. The lowest BCUT2D eigenvalue weighted by atomic mass is 9.98. The van der Waals surface area contributed by atoms with Gasteiger partial charge in [-0.25, -0.2) is 4.79 Å². The predicted molar refractivity (Wildman–Crippen MR) is 68.0 cm³/mol. The molecule has 0 aliphatic carbocycles. The predicted octanol–water partition coefficient (Wildman–Crippen LogP) is -2.73. The summed E-state index contributed by atoms with van der Waals surface area (Å²) in [5.74, 6) is 0. The molecule has 1 aliphatic heterocycles. The van der Waals surface area contributed by atoms with E-state index in [1.165, 1.54) is 0 Å². The molecule has 5 atom stereocenters. The van der Waals surface area contributed by atoms with Gasteiger partial charge in [0.15, 0.2) is 6.23 Å². The number of halogens is 1. The van der Waals surface area contributed by atoms with Gasteiger partial charge in [-0.3, -0.25) is 14.3 Å². The van der Waals surface area contributed by atoms with E-state index in [-0.39, 0.29) is 4.47 Å². The summed E-state index contributed by atoms with van der Waals surface area (Å²) in [6.07, 6.45) is -6.14. The van der Waals surface area contributed by atoms with Crippen LogP contribution in [0.1, 0.15) is 6.23 Å². The Morgan fingerprint density at radius 1 is 1.25 bits per heavy atom. The molecule has 0 radical (unpaired) electrons. The SMILES string of the molecule is O=c1[nH]c(=O)n([C@@H]2O[C@H](CO)[C@@H](O)[C@H](O)[C@H]2O)cc1Br. The number of aromatic amines is 1. The van der Waals surface area contributed by atoms with Gasteiger partial charge in [0, 0.05) is 6.20 Å². The van der Waals surface area contributed by atoms with Gasteiger partial charge in [-0.1, -0.05) is 0 Å². The van der Waals surface area contributed by atoms with Gasteiger partial charge in [0.05, 0.1) is 11.1 Å². The summed E-state index contributed by atoms with van der Waals surface area (Å²) in [6.45, 7) is -0.610. The van der Waals surface area contributed by atoms with E-state index in [0.29, 0.717) is 0 Å². The van der Waals surface area contributed by atoms with Gasteiger partial charge in [-0.05, 0) is 15.9 Å². The van der Waals surface area contributed by atoms with Crippen molar-refractivity contribution in [3.05, 3.63) is 31.5 Å². The maximum absolute atomic E-state index is 11.7. The van der Waals surface area contributed by atoms with E-state index >= 15 is 0 Å². The number of nitrogens with zero attached hydrogens (tertiary/aromatic N) is 1. The molecule has 0 bridgehead atoms. The van der Waals surface area contributed by atoms with Crippen molar-refractivity contribution in [3.8, 4) is 0 Å². The normalized spacial score (nSPS) is 34.1. The van der Waals surface area contributed by atoms with Crippen LogP contribution in [-0.2, 0) is 4.74 Å². The Morgan fingerprint density at radius 3 is 2.50 bits per heavy atom. The maximum Gasteiger partial charge on any atom is 0.330 e. The quantitative estimate of drug-likeness (QED) is 0.388. The summed E-state index contributed by atoms with van der Waals surface area (Å²) in [6, 6.07) is 0. The van der Waals surface area contributed by atoms with Crippen molar-refractivity contribution < 1.29 is 25.2 Å². The number of aromatic nitrogens is 2. The molecule has 1 aliphatic rings. The van der Waals surface area contributed by atoms with Crippen LogP contribution in [0.2, 0.25) is 0 Å². The molecule has 0 spiro atoms. The van der Waals surface area contributed by atoms with Crippen molar-refractivity contribution in [2.75, 3.05) is 6.61 Å². The van der Waals surface area contributed by atoms with Gasteiger partial charge < -0.3 is 25.2 Å². The summed E-state index contributed by atoms with van der Waals surface area (Å²) in [4.78, 5) is 24.9. The third kappa shape index (κ3) is 2.57. The van der Waals surface area contributed by atoms with E-state index in [2.05, 4.69) is 15.9 Å². The Labute approximate surface area is 120 Å². The minimum atomic E-state index is -1.61. The molecule has 2 rings (SSSR count). The zero-order chi connectivity index (χ0) is 15.0. The maximum atomic E-state index is 11.7. The van der Waals surface area contributed by atoms with Gasteiger partial charge in [0.2, 0.25) is 0 Å². The molecule has 0 unspecified atom stereocenters. The first-order chi connectivity index (χ1) is 9.36. The van der Waals surface area contributed by atoms with Crippen LogP contribution in [0, 0.1) is 0 Å². The molecular formula is C10H13BrN2O7. The first-order valence-corrected chi connectivity index (χ1v) is 6.47. The summed E-state index contributed by atoms with van der Waals surface area (Å²) in [7, 11) is 0. The van der Waals surface area contributed by atoms with E-state index in [9.17, 15) is 24.9 Å². The minimum absolute atomic E-state index is 0.0223. The summed E-state index contributed by atoms with van der Waals surface area (Å²) in [5.41, 5.74) is -1.52. The highest BCUT2D eigenvalue weighted by atomic mass is 79.9. The third-order valence-corrected chi connectivity index (χ3v) is 3.63. The standard InChI is InChI=1S/C10H13BrN2O7/c11-3-1-13(10(19)12-8(3)18)9-7(17)6(16)5(15)4(2-14)20-9/h1,4-7,9,14-17H,2H2,(H,12,18,19)/t4-,5-,6+,7-,9-/m1/s1. The van der Waals surface area contributed by atoms with E-state index < -0.39 is 48.5 Å². The van der Waals surface area contributed by atoms with Crippen LogP contribution in [0.5, 0.6) is 0 Å². The van der Waals surface area contributed by atoms with E-state index in [1.807, 2.05) is 4.98 Å². The second kappa shape index (κ2) is 5.76. The first kappa shape index (κ1) is 15.4. The Kier molecular flexibility index (Phi) is 4.42. The average molecular weight is 353 g/mol. The van der Waals surface area contributed by atoms with Gasteiger partial charge in [-0.2, -0.15) is 0 Å². The minimum Gasteiger partial charge on any atom is -0.394 e. The molecule has 5 N–H and O–H groups in total. The monoisotopic (exact) mass is 352 g/mol. The molecule has 0 aromatic carbocycles. The number of rotatable bonds is 2. The van der Waals surface area contributed by atoms with Crippen molar-refractivity contribution in [1.82, 2.24) is 9.55 Å². The smallest absolute Gasteiger partial charge is 0.330 e. The van der Waals surface area contributed by atoms with E-state index in [4.69, 9.17) is 9.84 Å². The number of aliphatic hydroxyl groups is 4. The summed E-state index contributed by atoms with van der Waals surface area (Å²) >= 11 is 2.92. The fourth-order valence-electron chi connectivity index (χ4n) is 1.96.